The summed E-state index contributed by atoms with van der Waals surface area (Å²) in [6, 6.07) is 2.50. The summed E-state index contributed by atoms with van der Waals surface area (Å²) in [7, 11) is 0. The van der Waals surface area contributed by atoms with Gasteiger partial charge in [-0.2, -0.15) is 26.3 Å². The van der Waals surface area contributed by atoms with Gasteiger partial charge in [-0.05, 0) is 6.07 Å². The van der Waals surface area contributed by atoms with Crippen LogP contribution in [0.4, 0.5) is 26.3 Å². The number of hydrogen-bond donors (Lipinski definition) is 1. The lowest BCUT2D eigenvalue weighted by atomic mass is 10.3. The van der Waals surface area contributed by atoms with Gasteiger partial charge in [-0.15, -0.1) is 0 Å². The van der Waals surface area contributed by atoms with Gasteiger partial charge in [0.25, 0.3) is 6.10 Å². The minimum atomic E-state index is -5.70. The fraction of sp³-hybridized carbons (Fsp3) is 0.333. The predicted octanol–water partition coefficient (Wildman–Crippen LogP) is 2.65. The molecule has 0 saturated carbocycles. The van der Waals surface area contributed by atoms with E-state index < -0.39 is 36.0 Å². The Morgan fingerprint density at radius 2 is 1.68 bits per heavy atom. The van der Waals surface area contributed by atoms with Crippen LogP contribution in [0.25, 0.3) is 0 Å². The number of aromatic nitrogens is 1. The Hall–Kier alpha value is -2.00. The van der Waals surface area contributed by atoms with Gasteiger partial charge in [0.15, 0.2) is 5.69 Å². The Morgan fingerprint density at radius 3 is 2.11 bits per heavy atom. The maximum absolute atomic E-state index is 12.2. The van der Waals surface area contributed by atoms with E-state index in [0.29, 0.717) is 6.07 Å². The zero-order valence-corrected chi connectivity index (χ0v) is 8.79. The summed E-state index contributed by atoms with van der Waals surface area (Å²) in [5.41, 5.74) is -0.736. The first-order chi connectivity index (χ1) is 8.51. The number of rotatable bonds is 3. The molecule has 0 aromatic carbocycles. The monoisotopic (exact) mass is 289 g/mol. The summed E-state index contributed by atoms with van der Waals surface area (Å²) >= 11 is 0. The molecule has 1 heterocycles. The van der Waals surface area contributed by atoms with E-state index in [1.54, 1.807) is 0 Å². The Balaban J connectivity index is 3.04. The van der Waals surface area contributed by atoms with Crippen molar-refractivity contribution in [2.24, 2.45) is 0 Å². The third-order valence-corrected chi connectivity index (χ3v) is 1.78. The molecular weight excluding hydrogens is 284 g/mol. The average molecular weight is 289 g/mol. The molecule has 106 valence electrons. The first-order valence-electron chi connectivity index (χ1n) is 4.52. The highest BCUT2D eigenvalue weighted by Gasteiger charge is 2.59. The molecule has 0 atom stereocenters. The van der Waals surface area contributed by atoms with Crippen molar-refractivity contribution in [3.8, 4) is 5.88 Å². The van der Waals surface area contributed by atoms with E-state index in [9.17, 15) is 31.1 Å². The largest absolute Gasteiger partial charge is 0.477 e. The normalized spacial score (nSPS) is 12.6. The predicted molar refractivity (Wildman–Crippen MR) is 47.7 cm³/mol. The van der Waals surface area contributed by atoms with Crippen LogP contribution in [-0.4, -0.2) is 34.5 Å². The van der Waals surface area contributed by atoms with Crippen LogP contribution in [-0.2, 0) is 0 Å². The highest BCUT2D eigenvalue weighted by Crippen LogP contribution is 2.36. The molecular formula is C9H5F6NO3. The van der Waals surface area contributed by atoms with Crippen LogP contribution in [0, 0.1) is 0 Å². The third kappa shape index (κ3) is 4.00. The number of aromatic carboxylic acids is 1. The standard InChI is InChI=1S/C9H5F6NO3/c10-8(11,12)7(9(13,14)15)19-5-3-1-2-4(16-5)6(17)18/h1-3,7H,(H,17,18). The Bertz CT molecular complexity index is 456. The van der Waals surface area contributed by atoms with Crippen molar-refractivity contribution in [3.05, 3.63) is 23.9 Å². The number of halogens is 6. The minimum absolute atomic E-state index is 0.691. The quantitative estimate of drug-likeness (QED) is 0.869. The van der Waals surface area contributed by atoms with Crippen molar-refractivity contribution in [1.82, 2.24) is 4.98 Å². The average Bonchev–Trinajstić information content (AvgIpc) is 2.23. The summed E-state index contributed by atoms with van der Waals surface area (Å²) in [6.45, 7) is 0. The first kappa shape index (κ1) is 15.1. The number of alkyl halides is 6. The highest BCUT2D eigenvalue weighted by molar-refractivity contribution is 5.85. The second-order valence-electron chi connectivity index (χ2n) is 3.25. The van der Waals surface area contributed by atoms with Gasteiger partial charge in [-0.3, -0.25) is 0 Å². The van der Waals surface area contributed by atoms with E-state index in [1.165, 1.54) is 0 Å². The first-order valence-corrected chi connectivity index (χ1v) is 4.52. The molecule has 0 aliphatic heterocycles. The van der Waals surface area contributed by atoms with Crippen LogP contribution >= 0.6 is 0 Å². The van der Waals surface area contributed by atoms with Gasteiger partial charge < -0.3 is 9.84 Å². The van der Waals surface area contributed by atoms with Crippen molar-refractivity contribution < 1.29 is 41.0 Å². The molecule has 1 N–H and O–H groups in total. The van der Waals surface area contributed by atoms with Gasteiger partial charge in [0.2, 0.25) is 5.88 Å². The molecule has 0 aliphatic rings. The van der Waals surface area contributed by atoms with Crippen molar-refractivity contribution in [2.75, 3.05) is 0 Å². The topological polar surface area (TPSA) is 59.4 Å². The van der Waals surface area contributed by atoms with Gasteiger partial charge in [0.1, 0.15) is 0 Å². The molecule has 0 unspecified atom stereocenters. The highest BCUT2D eigenvalue weighted by atomic mass is 19.4. The number of nitrogens with zero attached hydrogens (tertiary/aromatic N) is 1. The van der Waals surface area contributed by atoms with Gasteiger partial charge in [-0.1, -0.05) is 6.07 Å². The number of hydrogen-bond acceptors (Lipinski definition) is 3. The molecule has 1 aromatic rings. The molecule has 0 bridgehead atoms. The Kier molecular flexibility index (Phi) is 3.91. The number of carboxylic acid groups (broad SMARTS) is 1. The maximum Gasteiger partial charge on any atom is 0.434 e. The van der Waals surface area contributed by atoms with Crippen molar-refractivity contribution in [2.45, 2.75) is 18.5 Å². The molecule has 10 heteroatoms. The van der Waals surface area contributed by atoms with Gasteiger partial charge >= 0.3 is 18.3 Å². The van der Waals surface area contributed by atoms with Crippen LogP contribution in [0.1, 0.15) is 10.5 Å². The summed E-state index contributed by atoms with van der Waals surface area (Å²) in [5.74, 6) is -2.69. The summed E-state index contributed by atoms with van der Waals surface area (Å²) in [6.07, 6.45) is -15.5. The van der Waals surface area contributed by atoms with Crippen LogP contribution in [0.5, 0.6) is 5.88 Å². The smallest absolute Gasteiger partial charge is 0.434 e. The molecule has 0 amide bonds. The van der Waals surface area contributed by atoms with Crippen LogP contribution in [0.2, 0.25) is 0 Å². The molecule has 19 heavy (non-hydrogen) atoms. The fourth-order valence-corrected chi connectivity index (χ4v) is 1.04. The zero-order chi connectivity index (χ0) is 14.8. The van der Waals surface area contributed by atoms with E-state index in [0.717, 1.165) is 12.1 Å². The molecule has 0 aliphatic carbocycles. The SMILES string of the molecule is O=C(O)c1cccc(OC(C(F)(F)F)C(F)(F)F)n1. The number of carbonyl (C=O) groups is 1. The molecule has 0 radical (unpaired) electrons. The summed E-state index contributed by atoms with van der Waals surface area (Å²) in [4.78, 5) is 13.5. The van der Waals surface area contributed by atoms with Crippen LogP contribution in [0.15, 0.2) is 18.2 Å². The van der Waals surface area contributed by atoms with Crippen LogP contribution < -0.4 is 4.74 Å². The number of ether oxygens (including phenoxy) is 1. The van der Waals surface area contributed by atoms with E-state index in [1.807, 2.05) is 0 Å². The molecule has 4 nitrogen and oxygen atoms in total. The second-order valence-corrected chi connectivity index (χ2v) is 3.25. The van der Waals surface area contributed by atoms with Crippen molar-refractivity contribution >= 4 is 5.97 Å². The minimum Gasteiger partial charge on any atom is -0.477 e. The van der Waals surface area contributed by atoms with Gasteiger partial charge in [0, 0.05) is 6.07 Å². The molecule has 0 fully saturated rings. The van der Waals surface area contributed by atoms with Crippen molar-refractivity contribution in [3.63, 3.8) is 0 Å². The van der Waals surface area contributed by atoms with E-state index in [4.69, 9.17) is 5.11 Å². The van der Waals surface area contributed by atoms with E-state index in [-0.39, 0.29) is 0 Å². The van der Waals surface area contributed by atoms with Gasteiger partial charge in [-0.25, -0.2) is 9.78 Å². The maximum atomic E-state index is 12.2. The Morgan fingerprint density at radius 1 is 1.16 bits per heavy atom. The van der Waals surface area contributed by atoms with Gasteiger partial charge in [0.05, 0.1) is 0 Å². The van der Waals surface area contributed by atoms with Crippen molar-refractivity contribution in [1.29, 1.82) is 0 Å². The summed E-state index contributed by atoms with van der Waals surface area (Å²) in [5, 5.41) is 8.50. The fourth-order valence-electron chi connectivity index (χ4n) is 1.04. The molecule has 1 aromatic heterocycles. The number of carboxylic acids is 1. The lowest BCUT2D eigenvalue weighted by Crippen LogP contribution is -2.46. The van der Waals surface area contributed by atoms with E-state index >= 15 is 0 Å². The molecule has 0 saturated heterocycles. The second kappa shape index (κ2) is 4.94. The third-order valence-electron chi connectivity index (χ3n) is 1.78. The molecule has 0 spiro atoms. The zero-order valence-electron chi connectivity index (χ0n) is 8.79. The lowest BCUT2D eigenvalue weighted by molar-refractivity contribution is -0.300. The summed E-state index contributed by atoms with van der Waals surface area (Å²) < 4.78 is 76.7. The van der Waals surface area contributed by atoms with E-state index in [2.05, 4.69) is 9.72 Å². The lowest BCUT2D eigenvalue weighted by Gasteiger charge is -2.23. The van der Waals surface area contributed by atoms with Crippen LogP contribution in [0.3, 0.4) is 0 Å². The Labute approximate surface area is 101 Å². The molecule has 1 rings (SSSR count). The number of pyridine rings is 1.